The van der Waals surface area contributed by atoms with E-state index in [4.69, 9.17) is 10.5 Å². The largest absolute Gasteiger partial charge is 0.494 e. The molecule has 2 aromatic carbocycles. The lowest BCUT2D eigenvalue weighted by Gasteiger charge is -2.07. The van der Waals surface area contributed by atoms with E-state index in [9.17, 15) is 0 Å². The van der Waals surface area contributed by atoms with E-state index in [1.54, 1.807) is 0 Å². The predicted molar refractivity (Wildman–Crippen MR) is 85.9 cm³/mol. The quantitative estimate of drug-likeness (QED) is 0.573. The van der Waals surface area contributed by atoms with Gasteiger partial charge in [0.2, 0.25) is 0 Å². The molecule has 2 N–H and O–H groups in total. The van der Waals surface area contributed by atoms with Gasteiger partial charge in [0.25, 0.3) is 0 Å². The van der Waals surface area contributed by atoms with Crippen molar-refractivity contribution in [2.75, 3.05) is 12.3 Å². The van der Waals surface area contributed by atoms with Crippen LogP contribution in [0.2, 0.25) is 0 Å². The summed E-state index contributed by atoms with van der Waals surface area (Å²) in [5.74, 6) is 0.939. The molecule has 0 aliphatic rings. The highest BCUT2D eigenvalue weighted by atomic mass is 16.5. The highest BCUT2D eigenvalue weighted by molar-refractivity contribution is 5.67. The van der Waals surface area contributed by atoms with E-state index >= 15 is 0 Å². The van der Waals surface area contributed by atoms with E-state index < -0.39 is 0 Å². The van der Waals surface area contributed by atoms with E-state index in [1.807, 2.05) is 30.3 Å². The molecule has 20 heavy (non-hydrogen) atoms. The van der Waals surface area contributed by atoms with Gasteiger partial charge < -0.3 is 10.5 Å². The molecule has 2 heteroatoms. The third-order valence-corrected chi connectivity index (χ3v) is 3.34. The molecule has 0 aliphatic heterocycles. The minimum absolute atomic E-state index is 0.791. The Morgan fingerprint density at radius 2 is 1.70 bits per heavy atom. The molecule has 0 bridgehead atoms. The lowest BCUT2D eigenvalue weighted by Crippen LogP contribution is -1.96. The zero-order valence-corrected chi connectivity index (χ0v) is 12.1. The van der Waals surface area contributed by atoms with E-state index in [2.05, 4.69) is 25.1 Å². The number of benzene rings is 2. The van der Waals surface area contributed by atoms with Crippen molar-refractivity contribution in [2.45, 2.75) is 32.6 Å². The number of rotatable bonds is 7. The molecule has 0 saturated carbocycles. The molecular weight excluding hydrogens is 246 g/mol. The smallest absolute Gasteiger partial charge is 0.119 e. The third-order valence-electron chi connectivity index (χ3n) is 3.34. The Hall–Kier alpha value is -1.96. The fraction of sp³-hybridized carbons (Fsp3) is 0.333. The number of ether oxygens (including phenoxy) is 1. The molecular formula is C18H23NO. The second kappa shape index (κ2) is 7.59. The molecule has 2 nitrogen and oxygen atoms in total. The Balaban J connectivity index is 1.90. The predicted octanol–water partition coefficient (Wildman–Crippen LogP) is 4.89. The van der Waals surface area contributed by atoms with Crippen LogP contribution in [0.4, 0.5) is 5.69 Å². The first-order valence-corrected chi connectivity index (χ1v) is 7.38. The minimum Gasteiger partial charge on any atom is -0.494 e. The fourth-order valence-corrected chi connectivity index (χ4v) is 2.18. The molecule has 0 saturated heterocycles. The van der Waals surface area contributed by atoms with Crippen LogP contribution in [0.15, 0.2) is 48.5 Å². The van der Waals surface area contributed by atoms with Crippen molar-refractivity contribution < 1.29 is 4.74 Å². The summed E-state index contributed by atoms with van der Waals surface area (Å²) in [5.41, 5.74) is 8.90. The Kier molecular flexibility index (Phi) is 5.48. The summed E-state index contributed by atoms with van der Waals surface area (Å²) in [6, 6.07) is 16.1. The van der Waals surface area contributed by atoms with Crippen molar-refractivity contribution in [3.8, 4) is 16.9 Å². The number of hydrogen-bond acceptors (Lipinski definition) is 2. The molecule has 0 fully saturated rings. The van der Waals surface area contributed by atoms with Crippen LogP contribution in [-0.4, -0.2) is 6.61 Å². The van der Waals surface area contributed by atoms with Crippen LogP contribution in [0.1, 0.15) is 32.6 Å². The Labute approximate surface area is 121 Å². The molecule has 0 amide bonds. The van der Waals surface area contributed by atoms with Crippen molar-refractivity contribution in [3.63, 3.8) is 0 Å². The van der Waals surface area contributed by atoms with Crippen LogP contribution in [0.25, 0.3) is 11.1 Å². The van der Waals surface area contributed by atoms with Gasteiger partial charge in [0.15, 0.2) is 0 Å². The lowest BCUT2D eigenvalue weighted by atomic mass is 10.1. The van der Waals surface area contributed by atoms with Crippen LogP contribution in [0.5, 0.6) is 5.75 Å². The summed E-state index contributed by atoms with van der Waals surface area (Å²) in [7, 11) is 0. The average Bonchev–Trinajstić information content (AvgIpc) is 2.48. The maximum absolute atomic E-state index is 5.81. The Morgan fingerprint density at radius 1 is 0.900 bits per heavy atom. The van der Waals surface area contributed by atoms with Crippen LogP contribution >= 0.6 is 0 Å². The first kappa shape index (κ1) is 14.4. The zero-order chi connectivity index (χ0) is 14.2. The van der Waals surface area contributed by atoms with Crippen LogP contribution in [0.3, 0.4) is 0 Å². The number of hydrogen-bond donors (Lipinski definition) is 1. The second-order valence-electron chi connectivity index (χ2n) is 5.06. The zero-order valence-electron chi connectivity index (χ0n) is 12.1. The SMILES string of the molecule is CCCCCCOc1ccc(-c2cccc(N)c2)cc1. The van der Waals surface area contributed by atoms with Crippen LogP contribution < -0.4 is 10.5 Å². The van der Waals surface area contributed by atoms with Crippen LogP contribution in [0, 0.1) is 0 Å². The molecule has 0 atom stereocenters. The maximum Gasteiger partial charge on any atom is 0.119 e. The molecule has 0 unspecified atom stereocenters. The van der Waals surface area contributed by atoms with Gasteiger partial charge in [-0.05, 0) is 41.8 Å². The fourth-order valence-electron chi connectivity index (χ4n) is 2.18. The van der Waals surface area contributed by atoms with Gasteiger partial charge in [0, 0.05) is 5.69 Å². The summed E-state index contributed by atoms with van der Waals surface area (Å²) < 4.78 is 5.74. The van der Waals surface area contributed by atoms with E-state index in [-0.39, 0.29) is 0 Å². The van der Waals surface area contributed by atoms with Gasteiger partial charge in [0.1, 0.15) is 5.75 Å². The summed E-state index contributed by atoms with van der Waals surface area (Å²) in [6.07, 6.45) is 4.93. The van der Waals surface area contributed by atoms with Gasteiger partial charge >= 0.3 is 0 Å². The standard InChI is InChI=1S/C18H23NO/c1-2-3-4-5-13-20-18-11-9-15(10-12-18)16-7-6-8-17(19)14-16/h6-12,14H,2-5,13,19H2,1H3. The molecule has 0 spiro atoms. The topological polar surface area (TPSA) is 35.2 Å². The molecule has 0 aliphatic carbocycles. The second-order valence-corrected chi connectivity index (χ2v) is 5.06. The lowest BCUT2D eigenvalue weighted by molar-refractivity contribution is 0.305. The van der Waals surface area contributed by atoms with Crippen molar-refractivity contribution in [2.24, 2.45) is 0 Å². The van der Waals surface area contributed by atoms with Gasteiger partial charge in [-0.25, -0.2) is 0 Å². The van der Waals surface area contributed by atoms with Gasteiger partial charge in [-0.15, -0.1) is 0 Å². The van der Waals surface area contributed by atoms with E-state index in [0.717, 1.165) is 35.6 Å². The first-order valence-electron chi connectivity index (χ1n) is 7.38. The summed E-state index contributed by atoms with van der Waals surface area (Å²) in [5, 5.41) is 0. The van der Waals surface area contributed by atoms with Gasteiger partial charge in [-0.3, -0.25) is 0 Å². The van der Waals surface area contributed by atoms with E-state index in [0.29, 0.717) is 0 Å². The number of unbranched alkanes of at least 4 members (excludes halogenated alkanes) is 3. The highest BCUT2D eigenvalue weighted by Gasteiger charge is 1.99. The number of nitrogens with two attached hydrogens (primary N) is 1. The van der Waals surface area contributed by atoms with Crippen molar-refractivity contribution in [1.29, 1.82) is 0 Å². The molecule has 106 valence electrons. The van der Waals surface area contributed by atoms with Gasteiger partial charge in [-0.1, -0.05) is 50.5 Å². The van der Waals surface area contributed by atoms with Gasteiger partial charge in [0.05, 0.1) is 6.61 Å². The van der Waals surface area contributed by atoms with Crippen molar-refractivity contribution in [1.82, 2.24) is 0 Å². The van der Waals surface area contributed by atoms with Gasteiger partial charge in [-0.2, -0.15) is 0 Å². The number of nitrogen functional groups attached to an aromatic ring is 1. The van der Waals surface area contributed by atoms with E-state index in [1.165, 1.54) is 19.3 Å². The minimum atomic E-state index is 0.791. The molecule has 0 heterocycles. The number of anilines is 1. The summed E-state index contributed by atoms with van der Waals surface area (Å²) >= 11 is 0. The molecule has 0 radical (unpaired) electrons. The molecule has 2 rings (SSSR count). The normalized spacial score (nSPS) is 10.4. The van der Waals surface area contributed by atoms with Crippen molar-refractivity contribution in [3.05, 3.63) is 48.5 Å². The Bertz CT molecular complexity index is 519. The van der Waals surface area contributed by atoms with Crippen molar-refractivity contribution >= 4 is 5.69 Å². The average molecular weight is 269 g/mol. The summed E-state index contributed by atoms with van der Waals surface area (Å²) in [4.78, 5) is 0. The summed E-state index contributed by atoms with van der Waals surface area (Å²) in [6.45, 7) is 3.02. The highest BCUT2D eigenvalue weighted by Crippen LogP contribution is 2.24. The first-order chi connectivity index (χ1) is 9.79. The molecule has 0 aromatic heterocycles. The third kappa shape index (κ3) is 4.30. The Morgan fingerprint density at radius 3 is 2.40 bits per heavy atom. The van der Waals surface area contributed by atoms with Crippen LogP contribution in [-0.2, 0) is 0 Å². The molecule has 2 aromatic rings. The monoisotopic (exact) mass is 269 g/mol. The maximum atomic E-state index is 5.81.